The van der Waals surface area contributed by atoms with Crippen LogP contribution in [-0.2, 0) is 9.59 Å². The molecular formula is C12H10Cl2N2O4S. The van der Waals surface area contributed by atoms with Crippen molar-refractivity contribution in [1.29, 1.82) is 0 Å². The highest BCUT2D eigenvalue weighted by atomic mass is 35.5. The third-order valence-corrected chi connectivity index (χ3v) is 4.25. The fraction of sp³-hybridized carbons (Fsp3) is 0.250. The van der Waals surface area contributed by atoms with Crippen molar-refractivity contribution in [2.75, 3.05) is 23.5 Å². The van der Waals surface area contributed by atoms with Gasteiger partial charge in [0.05, 0.1) is 32.9 Å². The van der Waals surface area contributed by atoms with Gasteiger partial charge in [-0.1, -0.05) is 23.2 Å². The summed E-state index contributed by atoms with van der Waals surface area (Å²) in [5.41, 5.74) is 0.0572. The number of carboxylic acids is 1. The Labute approximate surface area is 134 Å². The second-order valence-electron chi connectivity index (χ2n) is 4.24. The minimum atomic E-state index is -1.17. The first-order valence-corrected chi connectivity index (χ1v) is 7.67. The van der Waals surface area contributed by atoms with Crippen LogP contribution in [0.5, 0.6) is 0 Å². The zero-order chi connectivity index (χ0) is 15.6. The molecule has 2 rings (SSSR count). The molecule has 1 saturated heterocycles. The number of amides is 2. The van der Waals surface area contributed by atoms with Crippen LogP contribution in [-0.4, -0.2) is 46.0 Å². The van der Waals surface area contributed by atoms with Crippen LogP contribution >= 0.6 is 35.0 Å². The molecule has 112 valence electrons. The van der Waals surface area contributed by atoms with Crippen LogP contribution in [0.3, 0.4) is 0 Å². The number of nitrogens with zero attached hydrogens (tertiary/aromatic N) is 1. The molecule has 0 unspecified atom stereocenters. The number of benzene rings is 1. The molecule has 9 heteroatoms. The molecule has 0 bridgehead atoms. The summed E-state index contributed by atoms with van der Waals surface area (Å²) in [6.45, 7) is -0.0980. The lowest BCUT2D eigenvalue weighted by Crippen LogP contribution is -2.34. The first kappa shape index (κ1) is 15.9. The van der Waals surface area contributed by atoms with Gasteiger partial charge in [0.1, 0.15) is 6.54 Å². The second kappa shape index (κ2) is 6.55. The van der Waals surface area contributed by atoms with Crippen LogP contribution in [0.4, 0.5) is 5.69 Å². The number of halogens is 2. The van der Waals surface area contributed by atoms with Gasteiger partial charge in [0, 0.05) is 0 Å². The van der Waals surface area contributed by atoms with Gasteiger partial charge >= 0.3 is 5.97 Å². The van der Waals surface area contributed by atoms with Crippen LogP contribution in [0.2, 0.25) is 10.0 Å². The highest BCUT2D eigenvalue weighted by molar-refractivity contribution is 8.00. The second-order valence-corrected chi connectivity index (χ2v) is 6.01. The fourth-order valence-corrected chi connectivity index (χ4v) is 3.19. The Morgan fingerprint density at radius 3 is 2.43 bits per heavy atom. The number of nitrogens with one attached hydrogen (secondary N) is 1. The molecule has 0 spiro atoms. The molecule has 1 aliphatic rings. The third-order valence-electron chi connectivity index (χ3n) is 2.71. The predicted octanol–water partition coefficient (Wildman–Crippen LogP) is 2.16. The van der Waals surface area contributed by atoms with Gasteiger partial charge < -0.3 is 15.3 Å². The zero-order valence-corrected chi connectivity index (χ0v) is 12.9. The predicted molar refractivity (Wildman–Crippen MR) is 81.1 cm³/mol. The van der Waals surface area contributed by atoms with E-state index in [1.165, 1.54) is 28.8 Å². The highest BCUT2D eigenvalue weighted by Gasteiger charge is 2.23. The molecule has 1 aromatic rings. The number of carboxylic acid groups (broad SMARTS) is 1. The summed E-state index contributed by atoms with van der Waals surface area (Å²) in [6, 6.07) is 2.39. The van der Waals surface area contributed by atoms with Gasteiger partial charge in [0.2, 0.25) is 11.8 Å². The number of anilines is 1. The van der Waals surface area contributed by atoms with E-state index in [1.54, 1.807) is 0 Å². The summed E-state index contributed by atoms with van der Waals surface area (Å²) in [4.78, 5) is 35.6. The number of aromatic carboxylic acids is 1. The number of thioether (sulfide) groups is 1. The average Bonchev–Trinajstić information content (AvgIpc) is 2.79. The van der Waals surface area contributed by atoms with Crippen LogP contribution < -0.4 is 5.32 Å². The minimum Gasteiger partial charge on any atom is -0.478 e. The van der Waals surface area contributed by atoms with Crippen LogP contribution in [0.25, 0.3) is 0 Å². The lowest BCUT2D eigenvalue weighted by Gasteiger charge is -2.15. The van der Waals surface area contributed by atoms with E-state index in [2.05, 4.69) is 5.32 Å². The van der Waals surface area contributed by atoms with E-state index in [9.17, 15) is 14.4 Å². The summed E-state index contributed by atoms with van der Waals surface area (Å²) in [5.74, 6) is -0.893. The fourth-order valence-electron chi connectivity index (χ4n) is 1.71. The monoisotopic (exact) mass is 348 g/mol. The van der Waals surface area contributed by atoms with E-state index in [0.717, 1.165) is 0 Å². The van der Waals surface area contributed by atoms with Crippen molar-refractivity contribution >= 4 is 58.4 Å². The normalized spacial score (nSPS) is 14.4. The van der Waals surface area contributed by atoms with E-state index in [-0.39, 0.29) is 33.7 Å². The van der Waals surface area contributed by atoms with Gasteiger partial charge in [-0.3, -0.25) is 9.59 Å². The molecule has 1 aromatic carbocycles. The van der Waals surface area contributed by atoms with Crippen molar-refractivity contribution in [1.82, 2.24) is 4.90 Å². The Hall–Kier alpha value is -1.44. The summed E-state index contributed by atoms with van der Waals surface area (Å²) >= 11 is 13.3. The lowest BCUT2D eigenvalue weighted by molar-refractivity contribution is -0.130. The van der Waals surface area contributed by atoms with Gasteiger partial charge in [0.25, 0.3) is 0 Å². The van der Waals surface area contributed by atoms with E-state index >= 15 is 0 Å². The molecule has 1 aliphatic heterocycles. The first-order chi connectivity index (χ1) is 9.88. The molecule has 1 heterocycles. The maximum absolute atomic E-state index is 11.9. The SMILES string of the molecule is O=C(CN1CSCC1=O)Nc1c(Cl)cc(C(=O)O)cc1Cl. The van der Waals surface area contributed by atoms with E-state index < -0.39 is 11.9 Å². The van der Waals surface area contributed by atoms with E-state index in [1.807, 2.05) is 0 Å². The molecule has 2 amide bonds. The molecular weight excluding hydrogens is 339 g/mol. The number of carbonyl (C=O) groups is 3. The zero-order valence-electron chi connectivity index (χ0n) is 10.6. The smallest absolute Gasteiger partial charge is 0.335 e. The van der Waals surface area contributed by atoms with Crippen molar-refractivity contribution in [2.45, 2.75) is 0 Å². The maximum Gasteiger partial charge on any atom is 0.335 e. The van der Waals surface area contributed by atoms with Crippen molar-refractivity contribution < 1.29 is 19.5 Å². The summed E-state index contributed by atoms with van der Waals surface area (Å²) in [5, 5.41) is 11.4. The van der Waals surface area contributed by atoms with E-state index in [0.29, 0.717) is 11.6 Å². The van der Waals surface area contributed by atoms with Gasteiger partial charge in [0.15, 0.2) is 0 Å². The Morgan fingerprint density at radius 1 is 1.33 bits per heavy atom. The summed E-state index contributed by atoms with van der Waals surface area (Å²) in [7, 11) is 0. The minimum absolute atomic E-state index is 0.0235. The molecule has 0 atom stereocenters. The summed E-state index contributed by atoms with van der Waals surface area (Å²) in [6.07, 6.45) is 0. The van der Waals surface area contributed by atoms with Gasteiger partial charge in [-0.2, -0.15) is 0 Å². The molecule has 2 N–H and O–H groups in total. The standard InChI is InChI=1S/C12H10Cl2N2O4S/c13-7-1-6(12(19)20)2-8(14)11(7)15-9(17)3-16-5-21-4-10(16)18/h1-2H,3-5H2,(H,15,17)(H,19,20). The Balaban J connectivity index is 2.10. The molecule has 0 aliphatic carbocycles. The van der Waals surface area contributed by atoms with Crippen LogP contribution in [0.1, 0.15) is 10.4 Å². The van der Waals surface area contributed by atoms with Crippen molar-refractivity contribution in [3.05, 3.63) is 27.7 Å². The lowest BCUT2D eigenvalue weighted by atomic mass is 10.2. The first-order valence-electron chi connectivity index (χ1n) is 5.76. The summed E-state index contributed by atoms with van der Waals surface area (Å²) < 4.78 is 0. The van der Waals surface area contributed by atoms with E-state index in [4.69, 9.17) is 28.3 Å². The Bertz CT molecular complexity index is 600. The van der Waals surface area contributed by atoms with Gasteiger partial charge in [-0.05, 0) is 12.1 Å². The highest BCUT2D eigenvalue weighted by Crippen LogP contribution is 2.32. The number of rotatable bonds is 4. The molecule has 21 heavy (non-hydrogen) atoms. The number of hydrogen-bond acceptors (Lipinski definition) is 4. The molecule has 1 fully saturated rings. The van der Waals surface area contributed by atoms with Crippen LogP contribution in [0.15, 0.2) is 12.1 Å². The molecule has 6 nitrogen and oxygen atoms in total. The van der Waals surface area contributed by atoms with Crippen LogP contribution in [0, 0.1) is 0 Å². The largest absolute Gasteiger partial charge is 0.478 e. The third kappa shape index (κ3) is 3.81. The van der Waals surface area contributed by atoms with Crippen molar-refractivity contribution in [2.24, 2.45) is 0 Å². The van der Waals surface area contributed by atoms with Crippen molar-refractivity contribution in [3.63, 3.8) is 0 Å². The quantitative estimate of drug-likeness (QED) is 0.870. The number of carbonyl (C=O) groups excluding carboxylic acids is 2. The molecule has 0 aromatic heterocycles. The Morgan fingerprint density at radius 2 is 1.95 bits per heavy atom. The van der Waals surface area contributed by atoms with Gasteiger partial charge in [-0.15, -0.1) is 11.8 Å². The molecule has 0 radical (unpaired) electrons. The maximum atomic E-state index is 11.9. The Kier molecular flexibility index (Phi) is 4.97. The van der Waals surface area contributed by atoms with Crippen molar-refractivity contribution in [3.8, 4) is 0 Å². The molecule has 0 saturated carbocycles. The topological polar surface area (TPSA) is 86.7 Å². The van der Waals surface area contributed by atoms with Gasteiger partial charge in [-0.25, -0.2) is 4.79 Å². The number of hydrogen-bond donors (Lipinski definition) is 2. The average molecular weight is 349 g/mol.